The Kier molecular flexibility index (Phi) is 3.95. The van der Waals surface area contributed by atoms with Crippen LogP contribution in [0.5, 0.6) is 0 Å². The molecule has 0 saturated heterocycles. The van der Waals surface area contributed by atoms with Crippen LogP contribution in [0.1, 0.15) is 48.8 Å². The molecule has 1 aromatic rings. The summed E-state index contributed by atoms with van der Waals surface area (Å²) in [6.45, 7) is 4.12. The van der Waals surface area contributed by atoms with E-state index in [9.17, 15) is 4.79 Å². The minimum Gasteiger partial charge on any atom is -0.348 e. The number of halogens is 1. The maximum Gasteiger partial charge on any atom is 0.273 e. The summed E-state index contributed by atoms with van der Waals surface area (Å²) in [5.41, 5.74) is 1.16. The van der Waals surface area contributed by atoms with Gasteiger partial charge < -0.3 is 5.32 Å². The van der Waals surface area contributed by atoms with E-state index in [0.717, 1.165) is 24.5 Å². The Labute approximate surface area is 113 Å². The highest BCUT2D eigenvalue weighted by Gasteiger charge is 2.23. The van der Waals surface area contributed by atoms with E-state index in [0.29, 0.717) is 10.7 Å². The molecular weight excluding hydrogens is 250 g/mol. The van der Waals surface area contributed by atoms with Gasteiger partial charge in [-0.05, 0) is 38.5 Å². The molecule has 5 heteroatoms. The third kappa shape index (κ3) is 2.69. The normalized spacial score (nSPS) is 24.0. The van der Waals surface area contributed by atoms with E-state index in [1.165, 1.54) is 12.8 Å². The van der Waals surface area contributed by atoms with Crippen LogP contribution in [0.4, 0.5) is 0 Å². The Morgan fingerprint density at radius 3 is 2.50 bits per heavy atom. The van der Waals surface area contributed by atoms with Gasteiger partial charge in [0.25, 0.3) is 5.91 Å². The van der Waals surface area contributed by atoms with Crippen molar-refractivity contribution in [2.75, 3.05) is 0 Å². The second-order valence-corrected chi connectivity index (χ2v) is 5.68. The minimum absolute atomic E-state index is 0.150. The number of rotatable bonds is 2. The molecule has 2 rings (SSSR count). The fourth-order valence-electron chi connectivity index (χ4n) is 2.39. The summed E-state index contributed by atoms with van der Waals surface area (Å²) in [5, 5.41) is 7.66. The first-order valence-electron chi connectivity index (χ1n) is 6.49. The molecule has 1 aliphatic rings. The summed E-state index contributed by atoms with van der Waals surface area (Å²) in [6.07, 6.45) is 4.46. The molecule has 100 valence electrons. The summed E-state index contributed by atoms with van der Waals surface area (Å²) >= 11 is 6.11. The minimum atomic E-state index is -0.150. The smallest absolute Gasteiger partial charge is 0.273 e. The molecule has 1 fully saturated rings. The van der Waals surface area contributed by atoms with Crippen molar-refractivity contribution in [2.24, 2.45) is 13.0 Å². The molecule has 0 atom stereocenters. The number of hydrogen-bond donors (Lipinski definition) is 1. The zero-order chi connectivity index (χ0) is 13.3. The monoisotopic (exact) mass is 269 g/mol. The fourth-order valence-corrected chi connectivity index (χ4v) is 2.63. The first-order valence-corrected chi connectivity index (χ1v) is 6.86. The summed E-state index contributed by atoms with van der Waals surface area (Å²) < 4.78 is 1.64. The zero-order valence-electron chi connectivity index (χ0n) is 11.2. The Bertz CT molecular complexity index is 447. The van der Waals surface area contributed by atoms with Crippen LogP contribution in [-0.4, -0.2) is 21.7 Å². The molecule has 1 amide bonds. The van der Waals surface area contributed by atoms with Gasteiger partial charge >= 0.3 is 0 Å². The van der Waals surface area contributed by atoms with Crippen molar-refractivity contribution >= 4 is 17.5 Å². The van der Waals surface area contributed by atoms with Gasteiger partial charge in [-0.15, -0.1) is 0 Å². The SMILES string of the molecule is Cc1c(Cl)c(C(=O)NC2CCC(C)CC2)nn1C. The van der Waals surface area contributed by atoms with Crippen LogP contribution >= 0.6 is 11.6 Å². The van der Waals surface area contributed by atoms with Crippen LogP contribution in [0.2, 0.25) is 5.02 Å². The third-order valence-electron chi connectivity index (χ3n) is 3.83. The van der Waals surface area contributed by atoms with Gasteiger partial charge in [0.1, 0.15) is 0 Å². The van der Waals surface area contributed by atoms with Gasteiger partial charge in [0, 0.05) is 13.1 Å². The highest BCUT2D eigenvalue weighted by Crippen LogP contribution is 2.24. The standard InChI is InChI=1S/C13H20ClN3O/c1-8-4-6-10(7-5-8)15-13(18)12-11(14)9(2)17(3)16-12/h8,10H,4-7H2,1-3H3,(H,15,18). The molecule has 1 heterocycles. The molecular formula is C13H20ClN3O. The van der Waals surface area contributed by atoms with E-state index < -0.39 is 0 Å². The van der Waals surface area contributed by atoms with E-state index in [1.54, 1.807) is 11.7 Å². The number of carbonyl (C=O) groups excluding carboxylic acids is 1. The number of carbonyl (C=O) groups is 1. The van der Waals surface area contributed by atoms with Crippen molar-refractivity contribution in [3.05, 3.63) is 16.4 Å². The van der Waals surface area contributed by atoms with Gasteiger partial charge in [-0.3, -0.25) is 9.48 Å². The average Bonchev–Trinajstić information content (AvgIpc) is 2.60. The number of aryl methyl sites for hydroxylation is 1. The highest BCUT2D eigenvalue weighted by atomic mass is 35.5. The molecule has 1 saturated carbocycles. The van der Waals surface area contributed by atoms with E-state index in [2.05, 4.69) is 17.3 Å². The van der Waals surface area contributed by atoms with E-state index in [1.807, 2.05) is 6.92 Å². The van der Waals surface area contributed by atoms with Crippen molar-refractivity contribution < 1.29 is 4.79 Å². The van der Waals surface area contributed by atoms with Crippen molar-refractivity contribution in [3.8, 4) is 0 Å². The summed E-state index contributed by atoms with van der Waals surface area (Å²) in [5.74, 6) is 0.627. The van der Waals surface area contributed by atoms with Crippen LogP contribution < -0.4 is 5.32 Å². The molecule has 0 radical (unpaired) electrons. The van der Waals surface area contributed by atoms with Crippen molar-refractivity contribution in [2.45, 2.75) is 45.6 Å². The van der Waals surface area contributed by atoms with Gasteiger partial charge in [-0.25, -0.2) is 0 Å². The lowest BCUT2D eigenvalue weighted by atomic mass is 9.87. The van der Waals surface area contributed by atoms with Crippen molar-refractivity contribution in [1.82, 2.24) is 15.1 Å². The molecule has 1 aromatic heterocycles. The lowest BCUT2D eigenvalue weighted by molar-refractivity contribution is 0.0917. The third-order valence-corrected chi connectivity index (χ3v) is 4.28. The molecule has 18 heavy (non-hydrogen) atoms. The Hall–Kier alpha value is -1.03. The Morgan fingerprint density at radius 2 is 2.00 bits per heavy atom. The lowest BCUT2D eigenvalue weighted by Gasteiger charge is -2.26. The summed E-state index contributed by atoms with van der Waals surface area (Å²) in [6, 6.07) is 0.270. The number of nitrogens with zero attached hydrogens (tertiary/aromatic N) is 2. The summed E-state index contributed by atoms with van der Waals surface area (Å²) in [7, 11) is 1.79. The molecule has 0 aliphatic heterocycles. The molecule has 0 spiro atoms. The quantitative estimate of drug-likeness (QED) is 0.897. The van der Waals surface area contributed by atoms with Crippen LogP contribution in [0.3, 0.4) is 0 Å². The molecule has 0 bridgehead atoms. The molecule has 0 aromatic carbocycles. The van der Waals surface area contributed by atoms with Crippen molar-refractivity contribution in [1.29, 1.82) is 0 Å². The summed E-state index contributed by atoms with van der Waals surface area (Å²) in [4.78, 5) is 12.1. The van der Waals surface area contributed by atoms with Gasteiger partial charge in [0.2, 0.25) is 0 Å². The topological polar surface area (TPSA) is 46.9 Å². The average molecular weight is 270 g/mol. The highest BCUT2D eigenvalue weighted by molar-refractivity contribution is 6.34. The van der Waals surface area contributed by atoms with Crippen molar-refractivity contribution in [3.63, 3.8) is 0 Å². The zero-order valence-corrected chi connectivity index (χ0v) is 11.9. The number of hydrogen-bond acceptors (Lipinski definition) is 2. The maximum atomic E-state index is 12.1. The molecule has 1 aliphatic carbocycles. The van der Waals surface area contributed by atoms with E-state index in [-0.39, 0.29) is 11.9 Å². The Morgan fingerprint density at radius 1 is 1.39 bits per heavy atom. The second kappa shape index (κ2) is 5.31. The molecule has 4 nitrogen and oxygen atoms in total. The first-order chi connectivity index (χ1) is 8.49. The maximum absolute atomic E-state index is 12.1. The first kappa shape index (κ1) is 13.4. The van der Waals surface area contributed by atoms with E-state index in [4.69, 9.17) is 11.6 Å². The van der Waals surface area contributed by atoms with E-state index >= 15 is 0 Å². The molecule has 1 N–H and O–H groups in total. The number of aromatic nitrogens is 2. The number of amides is 1. The van der Waals surface area contributed by atoms with Gasteiger partial charge in [-0.2, -0.15) is 5.10 Å². The molecule has 0 unspecified atom stereocenters. The van der Waals surface area contributed by atoms with Crippen LogP contribution in [-0.2, 0) is 7.05 Å². The van der Waals surface area contributed by atoms with Crippen LogP contribution in [0, 0.1) is 12.8 Å². The van der Waals surface area contributed by atoms with Gasteiger partial charge in [0.05, 0.1) is 10.7 Å². The lowest BCUT2D eigenvalue weighted by Crippen LogP contribution is -2.37. The van der Waals surface area contributed by atoms with Gasteiger partial charge in [-0.1, -0.05) is 18.5 Å². The second-order valence-electron chi connectivity index (χ2n) is 5.30. The van der Waals surface area contributed by atoms with Gasteiger partial charge in [0.15, 0.2) is 5.69 Å². The largest absolute Gasteiger partial charge is 0.348 e. The van der Waals surface area contributed by atoms with Crippen LogP contribution in [0.15, 0.2) is 0 Å². The fraction of sp³-hybridized carbons (Fsp3) is 0.692. The number of nitrogens with one attached hydrogen (secondary N) is 1. The Balaban J connectivity index is 2.01. The predicted molar refractivity (Wildman–Crippen MR) is 71.8 cm³/mol. The predicted octanol–water partition coefficient (Wildman–Crippen LogP) is 2.69. The van der Waals surface area contributed by atoms with Crippen LogP contribution in [0.25, 0.3) is 0 Å².